The molecule has 2 heteroatoms. The Hall–Kier alpha value is -1.18. The average molecular weight is 216 g/mol. The van der Waals surface area contributed by atoms with Crippen molar-refractivity contribution in [2.45, 2.75) is 46.2 Å². The van der Waals surface area contributed by atoms with Crippen molar-refractivity contribution in [3.8, 4) is 0 Å². The van der Waals surface area contributed by atoms with Crippen LogP contribution in [0.2, 0.25) is 0 Å². The molecule has 0 radical (unpaired) electrons. The normalized spacial score (nSPS) is 22.8. The van der Waals surface area contributed by atoms with E-state index >= 15 is 0 Å². The minimum atomic E-state index is -0.222. The Morgan fingerprint density at radius 3 is 2.56 bits per heavy atom. The molecule has 0 fully saturated rings. The molecule has 1 aromatic rings. The molecule has 0 aromatic heterocycles. The molecule has 1 unspecified atom stereocenters. The maximum Gasteiger partial charge on any atom is 0.148 e. The van der Waals surface area contributed by atoms with Crippen LogP contribution in [0.15, 0.2) is 28.2 Å². The fourth-order valence-corrected chi connectivity index (χ4v) is 2.04. The zero-order valence-corrected chi connectivity index (χ0v) is 10.6. The van der Waals surface area contributed by atoms with Crippen LogP contribution in [-0.4, -0.2) is 5.66 Å². The summed E-state index contributed by atoms with van der Waals surface area (Å²) in [5.74, 6) is 0.715. The summed E-state index contributed by atoms with van der Waals surface area (Å²) >= 11 is 0. The van der Waals surface area contributed by atoms with E-state index in [1.54, 1.807) is 0 Å². The molecule has 0 bridgehead atoms. The summed E-state index contributed by atoms with van der Waals surface area (Å²) in [6.07, 6.45) is 2.22. The van der Waals surface area contributed by atoms with E-state index in [0.29, 0.717) is 5.92 Å². The van der Waals surface area contributed by atoms with E-state index in [2.05, 4.69) is 45.9 Å². The summed E-state index contributed by atoms with van der Waals surface area (Å²) in [6, 6.07) is 6.31. The highest BCUT2D eigenvalue weighted by Crippen LogP contribution is 2.22. The molecule has 86 valence electrons. The number of benzene rings is 1. The molecule has 0 N–H and O–H groups in total. The third-order valence-corrected chi connectivity index (χ3v) is 3.05. The molecule has 0 spiro atoms. The first-order chi connectivity index (χ1) is 7.48. The second kappa shape index (κ2) is 4.00. The van der Waals surface area contributed by atoms with Gasteiger partial charge >= 0.3 is 0 Å². The van der Waals surface area contributed by atoms with Gasteiger partial charge in [0.1, 0.15) is 5.66 Å². The standard InChI is InChI=1S/C14H20N2/c1-10(2)7-8-14(4)15-12-6-5-11(3)9-13(12)16-14/h5-6,9-10H,7-8H2,1-4H3. The van der Waals surface area contributed by atoms with E-state index in [-0.39, 0.29) is 5.66 Å². The van der Waals surface area contributed by atoms with Gasteiger partial charge in [-0.2, -0.15) is 0 Å². The number of aryl methyl sites for hydroxylation is 1. The van der Waals surface area contributed by atoms with Crippen molar-refractivity contribution < 1.29 is 0 Å². The molecule has 0 saturated heterocycles. The number of hydrogen-bond donors (Lipinski definition) is 0. The Labute approximate surface area is 97.1 Å². The molecule has 2 rings (SSSR count). The van der Waals surface area contributed by atoms with Gasteiger partial charge in [0.05, 0.1) is 10.7 Å². The predicted molar refractivity (Wildman–Crippen MR) is 66.0 cm³/mol. The van der Waals surface area contributed by atoms with Crippen LogP contribution < -0.4 is 10.7 Å². The van der Waals surface area contributed by atoms with Gasteiger partial charge in [-0.1, -0.05) is 19.9 Å². The lowest BCUT2D eigenvalue weighted by Crippen LogP contribution is -2.20. The highest BCUT2D eigenvalue weighted by atomic mass is 15.1. The number of rotatable bonds is 3. The van der Waals surface area contributed by atoms with Crippen LogP contribution >= 0.6 is 0 Å². The summed E-state index contributed by atoms with van der Waals surface area (Å²) in [6.45, 7) is 8.72. The van der Waals surface area contributed by atoms with Gasteiger partial charge in [0, 0.05) is 0 Å². The molecule has 0 aliphatic carbocycles. The van der Waals surface area contributed by atoms with Crippen LogP contribution in [0.25, 0.3) is 0 Å². The smallest absolute Gasteiger partial charge is 0.148 e. The molecule has 1 aliphatic heterocycles. The van der Waals surface area contributed by atoms with Crippen LogP contribution in [0.1, 0.15) is 39.2 Å². The van der Waals surface area contributed by atoms with E-state index in [0.717, 1.165) is 17.1 Å². The van der Waals surface area contributed by atoms with Crippen molar-refractivity contribution in [2.75, 3.05) is 0 Å². The van der Waals surface area contributed by atoms with E-state index in [4.69, 9.17) is 9.98 Å². The van der Waals surface area contributed by atoms with Crippen LogP contribution in [-0.2, 0) is 0 Å². The quantitative estimate of drug-likeness (QED) is 0.741. The lowest BCUT2D eigenvalue weighted by Gasteiger charge is -2.18. The summed E-state index contributed by atoms with van der Waals surface area (Å²) in [4.78, 5) is 9.48. The Bertz CT molecular complexity index is 502. The topological polar surface area (TPSA) is 24.7 Å². The molecule has 0 amide bonds. The fraction of sp³-hybridized carbons (Fsp3) is 0.571. The average Bonchev–Trinajstić information content (AvgIpc) is 2.51. The second-order valence-electron chi connectivity index (χ2n) is 5.37. The van der Waals surface area contributed by atoms with Gasteiger partial charge < -0.3 is 0 Å². The van der Waals surface area contributed by atoms with Gasteiger partial charge in [-0.05, 0) is 50.3 Å². The zero-order chi connectivity index (χ0) is 11.8. The molecule has 1 aliphatic rings. The molecule has 16 heavy (non-hydrogen) atoms. The van der Waals surface area contributed by atoms with Crippen molar-refractivity contribution in [3.05, 3.63) is 34.5 Å². The molecule has 1 atom stereocenters. The molecular weight excluding hydrogens is 196 g/mol. The van der Waals surface area contributed by atoms with Gasteiger partial charge in [0.25, 0.3) is 0 Å². The summed E-state index contributed by atoms with van der Waals surface area (Å²) in [7, 11) is 0. The van der Waals surface area contributed by atoms with Gasteiger partial charge in [-0.25, -0.2) is 0 Å². The SMILES string of the molecule is Cc1ccc2c(c1)=NC(C)(CCC(C)C)N=2. The van der Waals surface area contributed by atoms with Gasteiger partial charge in [-0.15, -0.1) is 0 Å². The van der Waals surface area contributed by atoms with E-state index < -0.39 is 0 Å². The molecule has 1 aromatic carbocycles. The third kappa shape index (κ3) is 2.31. The van der Waals surface area contributed by atoms with Crippen molar-refractivity contribution >= 4 is 0 Å². The van der Waals surface area contributed by atoms with Crippen LogP contribution in [0, 0.1) is 12.8 Å². The van der Waals surface area contributed by atoms with Crippen molar-refractivity contribution in [2.24, 2.45) is 15.9 Å². The lowest BCUT2D eigenvalue weighted by atomic mass is 10.0. The summed E-state index contributed by atoms with van der Waals surface area (Å²) in [5.41, 5.74) is 1.03. The van der Waals surface area contributed by atoms with Gasteiger partial charge in [0.15, 0.2) is 0 Å². The van der Waals surface area contributed by atoms with Crippen molar-refractivity contribution in [1.82, 2.24) is 0 Å². The molecule has 0 saturated carbocycles. The first-order valence-electron chi connectivity index (χ1n) is 6.05. The molecule has 2 nitrogen and oxygen atoms in total. The third-order valence-electron chi connectivity index (χ3n) is 3.05. The first kappa shape index (κ1) is 11.3. The van der Waals surface area contributed by atoms with E-state index in [1.165, 1.54) is 12.0 Å². The van der Waals surface area contributed by atoms with Gasteiger partial charge in [0.2, 0.25) is 0 Å². The highest BCUT2D eigenvalue weighted by Gasteiger charge is 2.24. The van der Waals surface area contributed by atoms with Crippen molar-refractivity contribution in [1.29, 1.82) is 0 Å². The monoisotopic (exact) mass is 216 g/mol. The minimum absolute atomic E-state index is 0.222. The molecule has 1 heterocycles. The maximum atomic E-state index is 4.75. The zero-order valence-electron chi connectivity index (χ0n) is 10.6. The minimum Gasteiger partial charge on any atom is -0.254 e. The second-order valence-corrected chi connectivity index (χ2v) is 5.37. The fourth-order valence-electron chi connectivity index (χ4n) is 2.04. The van der Waals surface area contributed by atoms with E-state index in [1.807, 2.05) is 0 Å². The number of fused-ring (bicyclic) bond motifs is 1. The molecular formula is C14H20N2. The Balaban J connectivity index is 2.29. The Morgan fingerprint density at radius 1 is 1.19 bits per heavy atom. The van der Waals surface area contributed by atoms with E-state index in [9.17, 15) is 0 Å². The highest BCUT2D eigenvalue weighted by molar-refractivity contribution is 5.15. The lowest BCUT2D eigenvalue weighted by molar-refractivity contribution is 0.399. The Morgan fingerprint density at radius 2 is 1.88 bits per heavy atom. The van der Waals surface area contributed by atoms with Crippen LogP contribution in [0.4, 0.5) is 0 Å². The summed E-state index contributed by atoms with van der Waals surface area (Å²) in [5, 5.41) is 2.11. The first-order valence-corrected chi connectivity index (χ1v) is 6.05. The van der Waals surface area contributed by atoms with Crippen LogP contribution in [0.5, 0.6) is 0 Å². The largest absolute Gasteiger partial charge is 0.254 e. The number of hydrogen-bond acceptors (Lipinski definition) is 2. The van der Waals surface area contributed by atoms with Crippen molar-refractivity contribution in [3.63, 3.8) is 0 Å². The Kier molecular flexibility index (Phi) is 2.83. The summed E-state index contributed by atoms with van der Waals surface area (Å²) < 4.78 is 0. The van der Waals surface area contributed by atoms with Crippen LogP contribution in [0.3, 0.4) is 0 Å². The van der Waals surface area contributed by atoms with Gasteiger partial charge in [-0.3, -0.25) is 9.98 Å². The number of nitrogens with zero attached hydrogens (tertiary/aromatic N) is 2. The predicted octanol–water partition coefficient (Wildman–Crippen LogP) is 2.40. The maximum absolute atomic E-state index is 4.75.